The quantitative estimate of drug-likeness (QED) is 0.655. The van der Waals surface area contributed by atoms with Crippen LogP contribution in [-0.2, 0) is 11.3 Å². The highest BCUT2D eigenvalue weighted by molar-refractivity contribution is 7.99. The topological polar surface area (TPSA) is 61.9 Å². The Kier molecular flexibility index (Phi) is 5.66. The summed E-state index contributed by atoms with van der Waals surface area (Å²) in [5.74, 6) is 1.17. The molecule has 0 saturated heterocycles. The van der Waals surface area contributed by atoms with Crippen LogP contribution < -0.4 is 0 Å². The molecule has 0 radical (unpaired) electrons. The van der Waals surface area contributed by atoms with Crippen LogP contribution in [0.15, 0.2) is 53.0 Å². The lowest BCUT2D eigenvalue weighted by molar-refractivity contribution is -0.128. The summed E-state index contributed by atoms with van der Waals surface area (Å²) in [6.45, 7) is 3.31. The predicted molar refractivity (Wildman–Crippen MR) is 98.0 cm³/mol. The number of thioether (sulfide) groups is 1. The Morgan fingerprint density at radius 3 is 2.79 bits per heavy atom. The van der Waals surface area contributed by atoms with Crippen molar-refractivity contribution in [3.05, 3.63) is 53.4 Å². The van der Waals surface area contributed by atoms with Crippen molar-refractivity contribution in [2.24, 2.45) is 0 Å². The van der Waals surface area contributed by atoms with Gasteiger partial charge in [0.1, 0.15) is 0 Å². The molecule has 2 heterocycles. The van der Waals surface area contributed by atoms with Crippen LogP contribution in [0, 0.1) is 0 Å². The summed E-state index contributed by atoms with van der Waals surface area (Å²) >= 11 is 2.97. The normalized spacial score (nSPS) is 10.7. The van der Waals surface area contributed by atoms with Gasteiger partial charge < -0.3 is 4.90 Å². The number of benzene rings is 1. The van der Waals surface area contributed by atoms with E-state index in [0.717, 1.165) is 16.3 Å². The van der Waals surface area contributed by atoms with Crippen molar-refractivity contribution >= 4 is 29.0 Å². The molecule has 7 heteroatoms. The third-order valence-corrected chi connectivity index (χ3v) is 5.20. The molecule has 124 valence electrons. The van der Waals surface area contributed by atoms with E-state index < -0.39 is 0 Å². The SMILES string of the molecule is CCN(Cc1ccccc1)C(=O)CSc1n[nH]c(-c2cccs2)n1. The first-order valence-electron chi connectivity index (χ1n) is 7.67. The van der Waals surface area contributed by atoms with Crippen LogP contribution in [0.1, 0.15) is 12.5 Å². The smallest absolute Gasteiger partial charge is 0.233 e. The van der Waals surface area contributed by atoms with Gasteiger partial charge in [0, 0.05) is 13.1 Å². The molecule has 1 amide bonds. The lowest BCUT2D eigenvalue weighted by Crippen LogP contribution is -2.31. The summed E-state index contributed by atoms with van der Waals surface area (Å²) in [6.07, 6.45) is 0. The van der Waals surface area contributed by atoms with E-state index in [-0.39, 0.29) is 5.91 Å². The van der Waals surface area contributed by atoms with Crippen LogP contribution in [0.4, 0.5) is 0 Å². The molecule has 0 spiro atoms. The van der Waals surface area contributed by atoms with Crippen LogP contribution in [-0.4, -0.2) is 38.3 Å². The number of H-pyrrole nitrogens is 1. The lowest BCUT2D eigenvalue weighted by atomic mass is 10.2. The molecule has 3 rings (SSSR count). The molecule has 0 aliphatic heterocycles. The number of hydrogen-bond acceptors (Lipinski definition) is 5. The highest BCUT2D eigenvalue weighted by atomic mass is 32.2. The number of aromatic nitrogens is 3. The van der Waals surface area contributed by atoms with E-state index >= 15 is 0 Å². The second-order valence-corrected chi connectivity index (χ2v) is 7.02. The molecule has 0 aliphatic carbocycles. The number of hydrogen-bond donors (Lipinski definition) is 1. The van der Waals surface area contributed by atoms with Gasteiger partial charge in [-0.3, -0.25) is 9.89 Å². The molecule has 0 atom stereocenters. The number of rotatable bonds is 7. The van der Waals surface area contributed by atoms with E-state index in [2.05, 4.69) is 15.2 Å². The fourth-order valence-electron chi connectivity index (χ4n) is 2.23. The van der Waals surface area contributed by atoms with E-state index in [1.165, 1.54) is 11.8 Å². The Morgan fingerprint density at radius 1 is 1.25 bits per heavy atom. The number of nitrogens with zero attached hydrogens (tertiary/aromatic N) is 3. The number of carbonyl (C=O) groups is 1. The van der Waals surface area contributed by atoms with E-state index in [1.807, 2.05) is 59.7 Å². The molecule has 2 aromatic heterocycles. The number of carbonyl (C=O) groups excluding carboxylic acids is 1. The van der Waals surface area contributed by atoms with Crippen LogP contribution in [0.5, 0.6) is 0 Å². The van der Waals surface area contributed by atoms with Gasteiger partial charge >= 0.3 is 0 Å². The van der Waals surface area contributed by atoms with Crippen molar-refractivity contribution in [3.8, 4) is 10.7 Å². The molecule has 0 fully saturated rings. The van der Waals surface area contributed by atoms with Crippen molar-refractivity contribution in [3.63, 3.8) is 0 Å². The number of nitrogens with one attached hydrogen (secondary N) is 1. The molecule has 1 aromatic carbocycles. The van der Waals surface area contributed by atoms with E-state index in [1.54, 1.807) is 11.3 Å². The molecule has 0 aliphatic rings. The second-order valence-electron chi connectivity index (χ2n) is 5.13. The average molecular weight is 358 g/mol. The molecule has 0 unspecified atom stereocenters. The zero-order valence-corrected chi connectivity index (χ0v) is 14.9. The van der Waals surface area contributed by atoms with Crippen LogP contribution in [0.2, 0.25) is 0 Å². The average Bonchev–Trinajstić information content (AvgIpc) is 3.29. The van der Waals surface area contributed by atoms with Gasteiger partial charge in [0.25, 0.3) is 0 Å². The predicted octanol–water partition coefficient (Wildman–Crippen LogP) is 3.67. The zero-order chi connectivity index (χ0) is 16.8. The lowest BCUT2D eigenvalue weighted by Gasteiger charge is -2.20. The fraction of sp³-hybridized carbons (Fsp3) is 0.235. The molecule has 24 heavy (non-hydrogen) atoms. The van der Waals surface area contributed by atoms with Gasteiger partial charge in [0.2, 0.25) is 11.1 Å². The fourth-order valence-corrected chi connectivity index (χ4v) is 3.60. The minimum Gasteiger partial charge on any atom is -0.338 e. The van der Waals surface area contributed by atoms with Gasteiger partial charge in [-0.15, -0.1) is 16.4 Å². The van der Waals surface area contributed by atoms with Gasteiger partial charge in [-0.05, 0) is 23.9 Å². The van der Waals surface area contributed by atoms with Crippen molar-refractivity contribution in [1.29, 1.82) is 0 Å². The highest BCUT2D eigenvalue weighted by Gasteiger charge is 2.14. The first-order valence-corrected chi connectivity index (χ1v) is 9.53. The maximum atomic E-state index is 12.4. The summed E-state index contributed by atoms with van der Waals surface area (Å²) in [5.41, 5.74) is 1.13. The maximum Gasteiger partial charge on any atom is 0.233 e. The Bertz CT molecular complexity index is 771. The van der Waals surface area contributed by atoms with Crippen LogP contribution >= 0.6 is 23.1 Å². The molecule has 5 nitrogen and oxygen atoms in total. The van der Waals surface area contributed by atoms with Crippen LogP contribution in [0.3, 0.4) is 0 Å². The van der Waals surface area contributed by atoms with E-state index in [9.17, 15) is 4.79 Å². The van der Waals surface area contributed by atoms with Gasteiger partial charge in [-0.2, -0.15) is 0 Å². The standard InChI is InChI=1S/C17H18N4OS2/c1-2-21(11-13-7-4-3-5-8-13)15(22)12-24-17-18-16(19-20-17)14-9-6-10-23-14/h3-10H,2,11-12H2,1H3,(H,18,19,20). The van der Waals surface area contributed by atoms with Crippen molar-refractivity contribution in [1.82, 2.24) is 20.1 Å². The minimum absolute atomic E-state index is 0.0915. The zero-order valence-electron chi connectivity index (χ0n) is 13.3. The Morgan fingerprint density at radius 2 is 2.08 bits per heavy atom. The van der Waals surface area contributed by atoms with Gasteiger partial charge in [0.05, 0.1) is 10.6 Å². The maximum absolute atomic E-state index is 12.4. The molecular formula is C17H18N4OS2. The summed E-state index contributed by atoms with van der Waals surface area (Å²) in [6, 6.07) is 14.0. The van der Waals surface area contributed by atoms with Gasteiger partial charge in [-0.25, -0.2) is 4.98 Å². The van der Waals surface area contributed by atoms with Crippen molar-refractivity contribution in [2.75, 3.05) is 12.3 Å². The summed E-state index contributed by atoms with van der Waals surface area (Å²) < 4.78 is 0. The monoisotopic (exact) mass is 358 g/mol. The number of amides is 1. The Labute approximate surface area is 149 Å². The second kappa shape index (κ2) is 8.12. The number of aromatic amines is 1. The first-order chi connectivity index (χ1) is 11.8. The summed E-state index contributed by atoms with van der Waals surface area (Å²) in [5, 5.41) is 9.69. The molecular weight excluding hydrogens is 340 g/mol. The molecule has 3 aromatic rings. The minimum atomic E-state index is 0.0915. The third-order valence-electron chi connectivity index (χ3n) is 3.49. The molecule has 0 saturated carbocycles. The van der Waals surface area contributed by atoms with E-state index in [4.69, 9.17) is 0 Å². The largest absolute Gasteiger partial charge is 0.338 e. The highest BCUT2D eigenvalue weighted by Crippen LogP contribution is 2.23. The number of thiophene rings is 1. The Balaban J connectivity index is 1.56. The first kappa shape index (κ1) is 16.7. The van der Waals surface area contributed by atoms with Crippen molar-refractivity contribution < 1.29 is 4.79 Å². The molecule has 1 N–H and O–H groups in total. The summed E-state index contributed by atoms with van der Waals surface area (Å²) in [4.78, 5) is 19.7. The van der Waals surface area contributed by atoms with Crippen LogP contribution in [0.25, 0.3) is 10.7 Å². The van der Waals surface area contributed by atoms with E-state index in [0.29, 0.717) is 24.0 Å². The summed E-state index contributed by atoms with van der Waals surface area (Å²) in [7, 11) is 0. The van der Waals surface area contributed by atoms with Gasteiger partial charge in [-0.1, -0.05) is 48.2 Å². The van der Waals surface area contributed by atoms with Crippen molar-refractivity contribution in [2.45, 2.75) is 18.6 Å². The molecule has 0 bridgehead atoms. The third kappa shape index (κ3) is 4.24. The Hall–Kier alpha value is -2.12. The van der Waals surface area contributed by atoms with Gasteiger partial charge in [0.15, 0.2) is 5.82 Å².